The highest BCUT2D eigenvalue weighted by Crippen LogP contribution is 2.31. The van der Waals surface area contributed by atoms with Gasteiger partial charge in [-0.25, -0.2) is 0 Å². The lowest BCUT2D eigenvalue weighted by Crippen LogP contribution is -2.13. The average Bonchev–Trinajstić information content (AvgIpc) is 2.45. The van der Waals surface area contributed by atoms with Crippen LogP contribution in [0.25, 0.3) is 0 Å². The second-order valence-corrected chi connectivity index (χ2v) is 4.51. The van der Waals surface area contributed by atoms with Crippen molar-refractivity contribution in [1.82, 2.24) is 0 Å². The van der Waals surface area contributed by atoms with E-state index in [1.54, 1.807) is 30.3 Å². The van der Waals surface area contributed by atoms with Gasteiger partial charge in [-0.05, 0) is 18.4 Å². The molecule has 0 N–H and O–H groups in total. The zero-order valence-corrected chi connectivity index (χ0v) is 10.6. The first kappa shape index (κ1) is 14.3. The van der Waals surface area contributed by atoms with Crippen molar-refractivity contribution in [1.29, 1.82) is 0 Å². The van der Waals surface area contributed by atoms with E-state index in [1.165, 1.54) is 12.2 Å². The molecule has 0 heterocycles. The third-order valence-electron chi connectivity index (χ3n) is 3.01. The Kier molecular flexibility index (Phi) is 4.23. The molecule has 1 aromatic carbocycles. The van der Waals surface area contributed by atoms with Gasteiger partial charge in [0.15, 0.2) is 5.78 Å². The van der Waals surface area contributed by atoms with E-state index in [-0.39, 0.29) is 18.1 Å². The van der Waals surface area contributed by atoms with Crippen LogP contribution in [0.1, 0.15) is 16.8 Å². The first-order valence-corrected chi connectivity index (χ1v) is 6.20. The van der Waals surface area contributed by atoms with Crippen LogP contribution in [0.5, 0.6) is 0 Å². The maximum absolute atomic E-state index is 12.4. The first-order chi connectivity index (χ1) is 9.47. The molecule has 0 saturated heterocycles. The summed E-state index contributed by atoms with van der Waals surface area (Å²) in [7, 11) is 0. The summed E-state index contributed by atoms with van der Waals surface area (Å²) in [6, 6.07) is 8.74. The summed E-state index contributed by atoms with van der Waals surface area (Å²) < 4.78 is 37.2. The molecule has 4 heteroatoms. The Hall–Kier alpha value is -2.10. The highest BCUT2D eigenvalue weighted by atomic mass is 19.4. The molecule has 20 heavy (non-hydrogen) atoms. The van der Waals surface area contributed by atoms with Gasteiger partial charge in [0.2, 0.25) is 0 Å². The molecule has 1 aromatic rings. The summed E-state index contributed by atoms with van der Waals surface area (Å²) in [5.74, 6) is -0.321. The van der Waals surface area contributed by atoms with Gasteiger partial charge in [-0.3, -0.25) is 4.79 Å². The molecular weight excluding hydrogens is 265 g/mol. The van der Waals surface area contributed by atoms with E-state index < -0.39 is 11.7 Å². The Labute approximate surface area is 115 Å². The van der Waals surface area contributed by atoms with Gasteiger partial charge in [-0.15, -0.1) is 0 Å². The molecule has 1 nitrogen and oxygen atoms in total. The highest BCUT2D eigenvalue weighted by molar-refractivity contribution is 6.04. The van der Waals surface area contributed by atoms with Crippen molar-refractivity contribution in [2.24, 2.45) is 5.92 Å². The van der Waals surface area contributed by atoms with Gasteiger partial charge < -0.3 is 0 Å². The summed E-state index contributed by atoms with van der Waals surface area (Å²) in [6.45, 7) is 0. The lowest BCUT2D eigenvalue weighted by atomic mass is 9.95. The molecule has 0 radical (unpaired) electrons. The zero-order chi connectivity index (χ0) is 14.6. The Morgan fingerprint density at radius 3 is 2.45 bits per heavy atom. The molecule has 0 spiro atoms. The Balaban J connectivity index is 1.97. The lowest BCUT2D eigenvalue weighted by Gasteiger charge is -2.14. The molecule has 1 aliphatic rings. The van der Waals surface area contributed by atoms with Crippen molar-refractivity contribution >= 4 is 5.78 Å². The number of hydrogen-bond donors (Lipinski definition) is 0. The Bertz CT molecular complexity index is 565. The van der Waals surface area contributed by atoms with Crippen molar-refractivity contribution in [2.75, 3.05) is 0 Å². The van der Waals surface area contributed by atoms with Crippen molar-refractivity contribution in [3.63, 3.8) is 0 Å². The van der Waals surface area contributed by atoms with E-state index in [0.717, 1.165) is 12.2 Å². The van der Waals surface area contributed by atoms with E-state index >= 15 is 0 Å². The lowest BCUT2D eigenvalue weighted by molar-refractivity contribution is -0.0886. The fourth-order valence-electron chi connectivity index (χ4n) is 1.90. The maximum Gasteiger partial charge on any atom is 0.416 e. The van der Waals surface area contributed by atoms with Crippen molar-refractivity contribution in [3.8, 4) is 0 Å². The van der Waals surface area contributed by atoms with E-state index in [2.05, 4.69) is 0 Å². The van der Waals surface area contributed by atoms with Crippen LogP contribution in [0.2, 0.25) is 0 Å². The van der Waals surface area contributed by atoms with Crippen molar-refractivity contribution in [2.45, 2.75) is 12.6 Å². The van der Waals surface area contributed by atoms with Gasteiger partial charge in [0.25, 0.3) is 0 Å². The summed E-state index contributed by atoms with van der Waals surface area (Å²) in [5.41, 5.74) is -0.0633. The van der Waals surface area contributed by atoms with E-state index in [4.69, 9.17) is 0 Å². The summed E-state index contributed by atoms with van der Waals surface area (Å²) in [5, 5.41) is 0. The first-order valence-electron chi connectivity index (χ1n) is 6.20. The summed E-state index contributed by atoms with van der Waals surface area (Å²) in [4.78, 5) is 11.8. The smallest absolute Gasteiger partial charge is 0.289 e. The largest absolute Gasteiger partial charge is 0.416 e. The second-order valence-electron chi connectivity index (χ2n) is 4.51. The predicted molar refractivity (Wildman–Crippen MR) is 71.3 cm³/mol. The number of alkyl halides is 3. The summed E-state index contributed by atoms with van der Waals surface area (Å²) >= 11 is 0. The third-order valence-corrected chi connectivity index (χ3v) is 3.01. The Morgan fingerprint density at radius 1 is 1.20 bits per heavy atom. The monoisotopic (exact) mass is 278 g/mol. The average molecular weight is 278 g/mol. The molecule has 0 fully saturated rings. The molecule has 0 amide bonds. The molecule has 0 aromatic heterocycles. The number of rotatable bonds is 3. The van der Waals surface area contributed by atoms with Crippen LogP contribution in [-0.2, 0) is 0 Å². The van der Waals surface area contributed by atoms with Gasteiger partial charge in [0.05, 0.1) is 5.57 Å². The number of carbonyl (C=O) groups excluding carboxylic acids is 1. The van der Waals surface area contributed by atoms with Crippen LogP contribution in [0, 0.1) is 5.92 Å². The van der Waals surface area contributed by atoms with E-state index in [9.17, 15) is 18.0 Å². The minimum absolute atomic E-state index is 0.149. The number of allylic oxidation sites excluding steroid dienone is 6. The minimum atomic E-state index is -4.30. The molecule has 2 rings (SSSR count). The second kappa shape index (κ2) is 5.90. The fraction of sp³-hybridized carbons (Fsp3) is 0.188. The predicted octanol–water partition coefficient (Wildman–Crippen LogP) is 4.49. The number of halogens is 3. The molecule has 0 saturated carbocycles. The van der Waals surface area contributed by atoms with Crippen molar-refractivity contribution in [3.05, 3.63) is 71.8 Å². The van der Waals surface area contributed by atoms with Crippen LogP contribution >= 0.6 is 0 Å². The Morgan fingerprint density at radius 2 is 1.90 bits per heavy atom. The van der Waals surface area contributed by atoms with Crippen LogP contribution in [-0.4, -0.2) is 12.0 Å². The van der Waals surface area contributed by atoms with Gasteiger partial charge in [0, 0.05) is 5.56 Å². The molecular formula is C16H13F3O. The molecule has 1 atom stereocenters. The fourth-order valence-corrected chi connectivity index (χ4v) is 1.90. The standard InChI is InChI=1S/C16H13F3O/c17-16(18,19)14-9-6-12(7-10-14)8-11-15(20)13-4-2-1-3-5-13/h1-6,8-12H,7H2/b11-8+. The van der Waals surface area contributed by atoms with Gasteiger partial charge in [0.1, 0.15) is 0 Å². The third kappa shape index (κ3) is 3.70. The maximum atomic E-state index is 12.4. The minimum Gasteiger partial charge on any atom is -0.289 e. The van der Waals surface area contributed by atoms with Gasteiger partial charge in [-0.1, -0.05) is 54.6 Å². The van der Waals surface area contributed by atoms with Gasteiger partial charge in [-0.2, -0.15) is 13.2 Å². The van der Waals surface area contributed by atoms with Crippen LogP contribution < -0.4 is 0 Å². The zero-order valence-electron chi connectivity index (χ0n) is 10.6. The van der Waals surface area contributed by atoms with Gasteiger partial charge >= 0.3 is 6.18 Å². The van der Waals surface area contributed by atoms with Crippen LogP contribution in [0.4, 0.5) is 13.2 Å². The number of hydrogen-bond acceptors (Lipinski definition) is 1. The van der Waals surface area contributed by atoms with Crippen LogP contribution in [0.3, 0.4) is 0 Å². The molecule has 1 unspecified atom stereocenters. The molecule has 104 valence electrons. The molecule has 0 bridgehead atoms. The van der Waals surface area contributed by atoms with E-state index in [1.807, 2.05) is 6.07 Å². The quantitative estimate of drug-likeness (QED) is 0.588. The highest BCUT2D eigenvalue weighted by Gasteiger charge is 2.32. The van der Waals surface area contributed by atoms with Crippen LogP contribution in [0.15, 0.2) is 66.3 Å². The summed E-state index contributed by atoms with van der Waals surface area (Å²) in [6.07, 6.45) is 2.69. The SMILES string of the molecule is O=C(/C=C/C1C=CC(C(F)(F)F)=CC1)c1ccccc1. The molecule has 1 aliphatic carbocycles. The topological polar surface area (TPSA) is 17.1 Å². The molecule has 0 aliphatic heterocycles. The number of carbonyl (C=O) groups is 1. The van der Waals surface area contributed by atoms with E-state index in [0.29, 0.717) is 5.56 Å². The normalized spacial score (nSPS) is 19.1. The van der Waals surface area contributed by atoms with Crippen molar-refractivity contribution < 1.29 is 18.0 Å². The number of benzene rings is 1. The number of ketones is 1.